The Morgan fingerprint density at radius 1 is 0.809 bits per heavy atom. The molecule has 18 heteroatoms. The Labute approximate surface area is 399 Å². The predicted molar refractivity (Wildman–Crippen MR) is 251 cm³/mol. The van der Waals surface area contributed by atoms with Gasteiger partial charge < -0.3 is 44.2 Å². The van der Waals surface area contributed by atoms with Crippen LogP contribution >= 0.6 is 0 Å². The second-order valence-electron chi connectivity index (χ2n) is 16.4. The molecule has 2 heterocycles. The first-order valence-electron chi connectivity index (χ1n) is 23.9. The Balaban J connectivity index is 1.39. The number of rotatable bonds is 30. The maximum atomic E-state index is 13.8. The molecule has 1 fully saturated rings. The van der Waals surface area contributed by atoms with Crippen molar-refractivity contribution in [1.82, 2.24) is 25.9 Å². The fourth-order valence-electron chi connectivity index (χ4n) is 7.42. The number of benzene rings is 2. The fraction of sp³-hybridized carbons (Fsp3) is 0.540. The Kier molecular flexibility index (Phi) is 23.6. The summed E-state index contributed by atoms with van der Waals surface area (Å²) in [6, 6.07) is 12.5. The molecule has 0 bridgehead atoms. The molecule has 4 amide bonds. The van der Waals surface area contributed by atoms with E-state index >= 15 is 0 Å². The van der Waals surface area contributed by atoms with Crippen LogP contribution in [0, 0.1) is 5.92 Å². The van der Waals surface area contributed by atoms with Crippen molar-refractivity contribution in [3.05, 3.63) is 77.0 Å². The minimum atomic E-state index is -1.30. The zero-order valence-electron chi connectivity index (χ0n) is 40.1. The number of carbonyl (C=O) groups is 7. The number of ether oxygens (including phenoxy) is 4. The van der Waals surface area contributed by atoms with Gasteiger partial charge in [-0.2, -0.15) is 5.06 Å². The SMILES string of the molecule is CCCCC[C@@H](C(=O)NCNC(=O)c1ccc(-c2ccc(C(=O)N[C@@H](CC(=O)OCCCC)C(=O)OCCCC)c(OCC)c2)o1)[C@@H](CC)N(C=O)OC(=O)c1ccc(CN2CCOCC2)cc1. The van der Waals surface area contributed by atoms with E-state index in [4.69, 9.17) is 28.2 Å². The highest BCUT2D eigenvalue weighted by Crippen LogP contribution is 2.30. The molecule has 0 aliphatic carbocycles. The summed E-state index contributed by atoms with van der Waals surface area (Å²) in [6.07, 6.45) is 5.99. The maximum Gasteiger partial charge on any atom is 0.363 e. The van der Waals surface area contributed by atoms with Crippen molar-refractivity contribution in [2.24, 2.45) is 5.92 Å². The van der Waals surface area contributed by atoms with Crippen molar-refractivity contribution in [2.75, 3.05) is 52.8 Å². The average molecular weight is 948 g/mol. The molecule has 1 aliphatic heterocycles. The van der Waals surface area contributed by atoms with Gasteiger partial charge in [0.05, 0.1) is 69.2 Å². The van der Waals surface area contributed by atoms with E-state index in [9.17, 15) is 33.6 Å². The number of nitrogens with one attached hydrogen (secondary N) is 3. The van der Waals surface area contributed by atoms with Crippen molar-refractivity contribution in [3.63, 3.8) is 0 Å². The highest BCUT2D eigenvalue weighted by atomic mass is 16.7. The number of carbonyl (C=O) groups excluding carboxylic acids is 7. The summed E-state index contributed by atoms with van der Waals surface area (Å²) < 4.78 is 27.7. The minimum absolute atomic E-state index is 0.0663. The van der Waals surface area contributed by atoms with Gasteiger partial charge in [-0.05, 0) is 74.6 Å². The number of furan rings is 1. The van der Waals surface area contributed by atoms with Crippen molar-refractivity contribution < 1.29 is 61.8 Å². The molecule has 2 aromatic carbocycles. The van der Waals surface area contributed by atoms with E-state index in [0.29, 0.717) is 63.8 Å². The topological polar surface area (TPSA) is 221 Å². The van der Waals surface area contributed by atoms with Gasteiger partial charge in [0.1, 0.15) is 17.6 Å². The summed E-state index contributed by atoms with van der Waals surface area (Å²) in [5, 5.41) is 8.90. The van der Waals surface area contributed by atoms with Gasteiger partial charge in [-0.15, -0.1) is 0 Å². The van der Waals surface area contributed by atoms with Crippen LogP contribution in [0.25, 0.3) is 11.3 Å². The van der Waals surface area contributed by atoms with Gasteiger partial charge in [-0.25, -0.2) is 9.59 Å². The van der Waals surface area contributed by atoms with E-state index in [0.717, 1.165) is 49.4 Å². The van der Waals surface area contributed by atoms with Crippen LogP contribution in [0.2, 0.25) is 0 Å². The molecule has 372 valence electrons. The van der Waals surface area contributed by atoms with E-state index in [1.807, 2.05) is 32.9 Å². The zero-order chi connectivity index (χ0) is 49.3. The van der Waals surface area contributed by atoms with E-state index in [1.165, 1.54) is 12.1 Å². The number of unbranched alkanes of at least 4 members (excludes halogenated alkanes) is 4. The lowest BCUT2D eigenvalue weighted by molar-refractivity contribution is -0.171. The van der Waals surface area contributed by atoms with Crippen LogP contribution in [0.5, 0.6) is 5.75 Å². The van der Waals surface area contributed by atoms with Crippen molar-refractivity contribution in [1.29, 1.82) is 0 Å². The number of hydrogen-bond donors (Lipinski definition) is 3. The first-order valence-corrected chi connectivity index (χ1v) is 23.9. The summed E-state index contributed by atoms with van der Waals surface area (Å²) in [5.74, 6) is -4.29. The van der Waals surface area contributed by atoms with Crippen LogP contribution in [0.15, 0.2) is 59.0 Å². The highest BCUT2D eigenvalue weighted by Gasteiger charge is 2.34. The molecule has 1 saturated heterocycles. The third-order valence-corrected chi connectivity index (χ3v) is 11.3. The van der Waals surface area contributed by atoms with Crippen LogP contribution < -0.4 is 20.7 Å². The summed E-state index contributed by atoms with van der Waals surface area (Å²) in [6.45, 7) is 13.4. The number of hydroxylamine groups is 2. The van der Waals surface area contributed by atoms with Crippen LogP contribution in [0.1, 0.15) is 136 Å². The molecule has 0 saturated carbocycles. The Bertz CT molecular complexity index is 2080. The monoisotopic (exact) mass is 947 g/mol. The van der Waals surface area contributed by atoms with Gasteiger partial charge in [0.2, 0.25) is 12.3 Å². The Morgan fingerprint density at radius 2 is 1.51 bits per heavy atom. The van der Waals surface area contributed by atoms with Crippen molar-refractivity contribution in [3.8, 4) is 17.1 Å². The molecular formula is C50H69N5O13. The van der Waals surface area contributed by atoms with E-state index < -0.39 is 60.1 Å². The molecule has 0 spiro atoms. The number of hydrogen-bond acceptors (Lipinski definition) is 14. The largest absolute Gasteiger partial charge is 0.493 e. The molecule has 3 aromatic rings. The molecule has 0 unspecified atom stereocenters. The van der Waals surface area contributed by atoms with Gasteiger partial charge in [0.25, 0.3) is 11.8 Å². The molecule has 3 atom stereocenters. The maximum absolute atomic E-state index is 13.8. The molecule has 1 aromatic heterocycles. The van der Waals surface area contributed by atoms with Gasteiger partial charge in [-0.3, -0.25) is 28.9 Å². The van der Waals surface area contributed by atoms with Crippen LogP contribution in [0.4, 0.5) is 0 Å². The highest BCUT2D eigenvalue weighted by molar-refractivity contribution is 6.00. The molecule has 1 aliphatic rings. The third-order valence-electron chi connectivity index (χ3n) is 11.3. The van der Waals surface area contributed by atoms with E-state index in [2.05, 4.69) is 20.9 Å². The summed E-state index contributed by atoms with van der Waals surface area (Å²) in [5.41, 5.74) is 1.83. The summed E-state index contributed by atoms with van der Waals surface area (Å²) in [4.78, 5) is 99.6. The van der Waals surface area contributed by atoms with Crippen molar-refractivity contribution >= 4 is 42.0 Å². The van der Waals surface area contributed by atoms with Gasteiger partial charge >= 0.3 is 17.9 Å². The number of morpholine rings is 1. The minimum Gasteiger partial charge on any atom is -0.493 e. The first-order chi connectivity index (χ1) is 33.0. The predicted octanol–water partition coefficient (Wildman–Crippen LogP) is 6.36. The molecule has 18 nitrogen and oxygen atoms in total. The van der Waals surface area contributed by atoms with Crippen LogP contribution in [-0.4, -0.2) is 117 Å². The first kappa shape index (κ1) is 54.3. The fourth-order valence-corrected chi connectivity index (χ4v) is 7.42. The summed E-state index contributed by atoms with van der Waals surface area (Å²) >= 11 is 0. The Hall–Kier alpha value is -6.27. The second kappa shape index (κ2) is 29.5. The Morgan fingerprint density at radius 3 is 2.18 bits per heavy atom. The quantitative estimate of drug-likeness (QED) is 0.0218. The number of nitrogens with zero attached hydrogens (tertiary/aromatic N) is 2. The normalized spacial score (nSPS) is 13.8. The van der Waals surface area contributed by atoms with Gasteiger partial charge in [0, 0.05) is 25.2 Å². The second-order valence-corrected chi connectivity index (χ2v) is 16.4. The third kappa shape index (κ3) is 17.1. The zero-order valence-corrected chi connectivity index (χ0v) is 40.1. The lowest BCUT2D eigenvalue weighted by Crippen LogP contribution is -2.49. The number of esters is 2. The standard InChI is InChI=1S/C50H69N5O13/c1-6-11-14-15-38(41(9-4)55(34-56)68-49(61)36-18-16-35(17-19-36)32-54-24-28-63-29-25-54)46(58)51-33-52-48(60)43-23-22-42(67-43)37-20-21-39(44(30-37)64-10-5)47(59)53-40(50(62)66-27-13-8-3)31-45(57)65-26-12-7-2/h16-23,30,34,38,40-41H,6-15,24-29,31-33H2,1-5H3,(H,51,58)(H,52,60)(H,53,59)/t38-,40+,41-/m1/s1. The lowest BCUT2D eigenvalue weighted by Gasteiger charge is -2.31. The van der Waals surface area contributed by atoms with E-state index in [-0.39, 0.29) is 54.9 Å². The van der Waals surface area contributed by atoms with Crippen LogP contribution in [-0.2, 0) is 44.8 Å². The van der Waals surface area contributed by atoms with Gasteiger partial charge in [-0.1, -0.05) is 78.0 Å². The molecule has 68 heavy (non-hydrogen) atoms. The number of amides is 4. The lowest BCUT2D eigenvalue weighted by atomic mass is 9.90. The molecule has 3 N–H and O–H groups in total. The molecule has 4 rings (SSSR count). The molecular weight excluding hydrogens is 879 g/mol. The van der Waals surface area contributed by atoms with E-state index in [1.54, 1.807) is 44.2 Å². The molecule has 0 radical (unpaired) electrons. The van der Waals surface area contributed by atoms with Crippen molar-refractivity contribution in [2.45, 2.75) is 117 Å². The smallest absolute Gasteiger partial charge is 0.363 e. The summed E-state index contributed by atoms with van der Waals surface area (Å²) in [7, 11) is 0. The van der Waals surface area contributed by atoms with Crippen LogP contribution in [0.3, 0.4) is 0 Å². The average Bonchev–Trinajstić information content (AvgIpc) is 3.85. The van der Waals surface area contributed by atoms with Gasteiger partial charge in [0.15, 0.2) is 5.76 Å².